The molecule has 0 bridgehead atoms. The highest BCUT2D eigenvalue weighted by Crippen LogP contribution is 1.98. The van der Waals surface area contributed by atoms with Gasteiger partial charge in [0.2, 0.25) is 5.91 Å². The molecule has 132 valence electrons. The molecular formula is C18H39N3O. The predicted octanol–water partition coefficient (Wildman–Crippen LogP) is 3.22. The lowest BCUT2D eigenvalue weighted by Gasteiger charge is -2.06. The van der Waals surface area contributed by atoms with Gasteiger partial charge in [-0.25, -0.2) is 0 Å². The van der Waals surface area contributed by atoms with Gasteiger partial charge < -0.3 is 16.0 Å². The lowest BCUT2D eigenvalue weighted by molar-refractivity contribution is -0.118. The molecule has 0 aromatic heterocycles. The van der Waals surface area contributed by atoms with Crippen molar-refractivity contribution in [2.75, 3.05) is 32.7 Å². The van der Waals surface area contributed by atoms with E-state index in [9.17, 15) is 4.79 Å². The largest absolute Gasteiger partial charge is 0.356 e. The van der Waals surface area contributed by atoms with E-state index in [1.807, 2.05) is 0 Å². The summed E-state index contributed by atoms with van der Waals surface area (Å²) in [6.45, 7) is 9.27. The van der Waals surface area contributed by atoms with Gasteiger partial charge in [0.15, 0.2) is 0 Å². The zero-order valence-electron chi connectivity index (χ0n) is 15.0. The van der Waals surface area contributed by atoms with Crippen LogP contribution in [0.1, 0.15) is 78.1 Å². The minimum Gasteiger partial charge on any atom is -0.356 e. The third kappa shape index (κ3) is 19.4. The third-order valence-corrected chi connectivity index (χ3v) is 3.82. The standard InChI is InChI=1S/C18H39N3O/c1-3-4-5-8-13-19-14-9-6-10-15-20-16-11-7-12-17-21-18(2)22/h19-20H,3-17H2,1-2H3,(H,21,22). The fraction of sp³-hybridized carbons (Fsp3) is 0.944. The van der Waals surface area contributed by atoms with E-state index in [4.69, 9.17) is 0 Å². The van der Waals surface area contributed by atoms with Crippen molar-refractivity contribution in [2.24, 2.45) is 0 Å². The summed E-state index contributed by atoms with van der Waals surface area (Å²) in [4.78, 5) is 10.7. The summed E-state index contributed by atoms with van der Waals surface area (Å²) < 4.78 is 0. The van der Waals surface area contributed by atoms with Gasteiger partial charge in [-0.15, -0.1) is 0 Å². The van der Waals surface area contributed by atoms with Crippen molar-refractivity contribution in [1.82, 2.24) is 16.0 Å². The number of rotatable bonds is 17. The first-order chi connectivity index (χ1) is 10.8. The van der Waals surface area contributed by atoms with E-state index in [1.165, 1.54) is 70.9 Å². The van der Waals surface area contributed by atoms with Crippen LogP contribution >= 0.6 is 0 Å². The van der Waals surface area contributed by atoms with E-state index in [0.717, 1.165) is 26.1 Å². The average molecular weight is 314 g/mol. The van der Waals surface area contributed by atoms with Gasteiger partial charge in [-0.05, 0) is 58.3 Å². The topological polar surface area (TPSA) is 53.2 Å². The fourth-order valence-electron chi connectivity index (χ4n) is 2.42. The Morgan fingerprint density at radius 1 is 0.636 bits per heavy atom. The Bertz CT molecular complexity index is 234. The molecule has 0 unspecified atom stereocenters. The molecule has 0 aromatic rings. The summed E-state index contributed by atoms with van der Waals surface area (Å²) in [5.74, 6) is 0.0774. The van der Waals surface area contributed by atoms with Crippen LogP contribution in [0.15, 0.2) is 0 Å². The van der Waals surface area contributed by atoms with Crippen LogP contribution in [-0.4, -0.2) is 38.6 Å². The molecule has 4 heteroatoms. The van der Waals surface area contributed by atoms with Gasteiger partial charge in [0.1, 0.15) is 0 Å². The second kappa shape index (κ2) is 18.4. The van der Waals surface area contributed by atoms with Crippen LogP contribution in [0.4, 0.5) is 0 Å². The molecule has 0 rings (SSSR count). The van der Waals surface area contributed by atoms with Crippen molar-refractivity contribution < 1.29 is 4.79 Å². The zero-order chi connectivity index (χ0) is 16.3. The predicted molar refractivity (Wildman–Crippen MR) is 96.3 cm³/mol. The molecule has 0 saturated heterocycles. The summed E-state index contributed by atoms with van der Waals surface area (Å²) in [6, 6.07) is 0. The van der Waals surface area contributed by atoms with E-state index in [0.29, 0.717) is 0 Å². The monoisotopic (exact) mass is 313 g/mol. The van der Waals surface area contributed by atoms with Gasteiger partial charge in [-0.2, -0.15) is 0 Å². The molecule has 4 nitrogen and oxygen atoms in total. The summed E-state index contributed by atoms with van der Waals surface area (Å²) in [7, 11) is 0. The second-order valence-electron chi connectivity index (χ2n) is 6.16. The molecule has 1 amide bonds. The minimum atomic E-state index is 0.0774. The molecule has 0 radical (unpaired) electrons. The summed E-state index contributed by atoms with van der Waals surface area (Å²) in [5.41, 5.74) is 0. The van der Waals surface area contributed by atoms with Crippen molar-refractivity contribution in [2.45, 2.75) is 78.1 Å². The Balaban J connectivity index is 2.95. The van der Waals surface area contributed by atoms with E-state index in [-0.39, 0.29) is 5.91 Å². The normalized spacial score (nSPS) is 10.8. The number of hydrogen-bond acceptors (Lipinski definition) is 3. The van der Waals surface area contributed by atoms with Crippen molar-refractivity contribution in [3.8, 4) is 0 Å². The lowest BCUT2D eigenvalue weighted by Crippen LogP contribution is -2.21. The molecule has 0 fully saturated rings. The van der Waals surface area contributed by atoms with Crippen molar-refractivity contribution >= 4 is 5.91 Å². The van der Waals surface area contributed by atoms with Gasteiger partial charge in [0, 0.05) is 13.5 Å². The Labute approximate surface area is 138 Å². The fourth-order valence-corrected chi connectivity index (χ4v) is 2.42. The number of nitrogens with one attached hydrogen (secondary N) is 3. The number of hydrogen-bond donors (Lipinski definition) is 3. The van der Waals surface area contributed by atoms with Gasteiger partial charge in [0.25, 0.3) is 0 Å². The van der Waals surface area contributed by atoms with Crippen molar-refractivity contribution in [1.29, 1.82) is 0 Å². The highest BCUT2D eigenvalue weighted by atomic mass is 16.1. The first-order valence-corrected chi connectivity index (χ1v) is 9.43. The van der Waals surface area contributed by atoms with Crippen LogP contribution in [0.2, 0.25) is 0 Å². The summed E-state index contributed by atoms with van der Waals surface area (Å²) in [6.07, 6.45) is 12.8. The molecule has 0 saturated carbocycles. The molecule has 0 spiro atoms. The van der Waals surface area contributed by atoms with Gasteiger partial charge in [0.05, 0.1) is 0 Å². The van der Waals surface area contributed by atoms with Gasteiger partial charge in [-0.1, -0.05) is 39.0 Å². The molecule has 0 atom stereocenters. The molecule has 0 aliphatic rings. The first-order valence-electron chi connectivity index (χ1n) is 9.43. The summed E-state index contributed by atoms with van der Waals surface area (Å²) >= 11 is 0. The molecule has 0 aliphatic carbocycles. The number of amides is 1. The SMILES string of the molecule is CCCCCCNCCCCCNCCCCCNC(C)=O. The average Bonchev–Trinajstić information content (AvgIpc) is 2.50. The highest BCUT2D eigenvalue weighted by Gasteiger charge is 1.93. The molecule has 0 heterocycles. The number of unbranched alkanes of at least 4 members (excludes halogenated alkanes) is 7. The van der Waals surface area contributed by atoms with E-state index in [2.05, 4.69) is 22.9 Å². The van der Waals surface area contributed by atoms with Crippen LogP contribution in [0.3, 0.4) is 0 Å². The quantitative estimate of drug-likeness (QED) is 0.361. The lowest BCUT2D eigenvalue weighted by atomic mass is 10.2. The Hall–Kier alpha value is -0.610. The third-order valence-electron chi connectivity index (χ3n) is 3.82. The number of carbonyl (C=O) groups excluding carboxylic acids is 1. The maximum atomic E-state index is 10.7. The van der Waals surface area contributed by atoms with Crippen LogP contribution in [0.5, 0.6) is 0 Å². The zero-order valence-corrected chi connectivity index (χ0v) is 15.0. The molecule has 22 heavy (non-hydrogen) atoms. The molecular weight excluding hydrogens is 274 g/mol. The molecule has 0 aliphatic heterocycles. The summed E-state index contributed by atoms with van der Waals surface area (Å²) in [5, 5.41) is 9.87. The molecule has 0 aromatic carbocycles. The maximum absolute atomic E-state index is 10.7. The van der Waals surface area contributed by atoms with Gasteiger partial charge >= 0.3 is 0 Å². The minimum absolute atomic E-state index is 0.0774. The Morgan fingerprint density at radius 3 is 1.45 bits per heavy atom. The van der Waals surface area contributed by atoms with Crippen LogP contribution in [0.25, 0.3) is 0 Å². The molecule has 3 N–H and O–H groups in total. The van der Waals surface area contributed by atoms with Crippen LogP contribution in [0, 0.1) is 0 Å². The Morgan fingerprint density at radius 2 is 1.05 bits per heavy atom. The second-order valence-corrected chi connectivity index (χ2v) is 6.16. The van der Waals surface area contributed by atoms with Crippen LogP contribution < -0.4 is 16.0 Å². The van der Waals surface area contributed by atoms with E-state index in [1.54, 1.807) is 6.92 Å². The van der Waals surface area contributed by atoms with E-state index >= 15 is 0 Å². The van der Waals surface area contributed by atoms with E-state index < -0.39 is 0 Å². The van der Waals surface area contributed by atoms with Gasteiger partial charge in [-0.3, -0.25) is 4.79 Å². The van der Waals surface area contributed by atoms with Crippen molar-refractivity contribution in [3.63, 3.8) is 0 Å². The van der Waals surface area contributed by atoms with Crippen molar-refractivity contribution in [3.05, 3.63) is 0 Å². The number of carbonyl (C=O) groups is 1. The first kappa shape index (κ1) is 21.4. The van der Waals surface area contributed by atoms with Crippen LogP contribution in [-0.2, 0) is 4.79 Å². The highest BCUT2D eigenvalue weighted by molar-refractivity contribution is 5.72. The smallest absolute Gasteiger partial charge is 0.216 e. The maximum Gasteiger partial charge on any atom is 0.216 e. The Kier molecular flexibility index (Phi) is 17.9.